The summed E-state index contributed by atoms with van der Waals surface area (Å²) in [5, 5.41) is 0. The molecule has 2 atom stereocenters. The van der Waals surface area contributed by atoms with E-state index in [1.165, 1.54) is 12.5 Å². The van der Waals surface area contributed by atoms with Crippen LogP contribution in [0.5, 0.6) is 0 Å². The Bertz CT molecular complexity index is 666. The van der Waals surface area contributed by atoms with Crippen molar-refractivity contribution in [1.82, 2.24) is 15.0 Å². The topological polar surface area (TPSA) is 45.2 Å². The molecule has 2 aliphatic heterocycles. The van der Waals surface area contributed by atoms with Crippen LogP contribution in [0.15, 0.2) is 35.3 Å². The number of nitrogens with zero attached hydrogens (tertiary/aromatic N) is 5. The van der Waals surface area contributed by atoms with Crippen LogP contribution < -0.4 is 9.80 Å². The fourth-order valence-corrected chi connectivity index (χ4v) is 3.68. The van der Waals surface area contributed by atoms with E-state index >= 15 is 0 Å². The summed E-state index contributed by atoms with van der Waals surface area (Å²) < 4.78 is 14.8. The summed E-state index contributed by atoms with van der Waals surface area (Å²) >= 11 is 3.41. The third kappa shape index (κ3) is 2.43. The zero-order chi connectivity index (χ0) is 15.1. The summed E-state index contributed by atoms with van der Waals surface area (Å²) in [6, 6.07) is 4.05. The van der Waals surface area contributed by atoms with Crippen LogP contribution in [0.1, 0.15) is 0 Å². The lowest BCUT2D eigenvalue weighted by Crippen LogP contribution is -2.30. The number of pyridine rings is 1. The van der Waals surface area contributed by atoms with E-state index in [0.29, 0.717) is 17.7 Å². The normalized spacial score (nSPS) is 23.9. The Morgan fingerprint density at radius 3 is 2.36 bits per heavy atom. The van der Waals surface area contributed by atoms with Crippen LogP contribution in [-0.2, 0) is 0 Å². The van der Waals surface area contributed by atoms with E-state index in [1.54, 1.807) is 0 Å². The van der Waals surface area contributed by atoms with E-state index in [-0.39, 0.29) is 5.82 Å². The zero-order valence-corrected chi connectivity index (χ0v) is 13.4. The lowest BCUT2D eigenvalue weighted by molar-refractivity contribution is 0.533. The third-order valence-corrected chi connectivity index (χ3v) is 4.94. The smallest absolute Gasteiger partial charge is 0.183 e. The molecular formula is C15H15BrFN5. The average molecular weight is 364 g/mol. The largest absolute Gasteiger partial charge is 0.356 e. The number of hydrogen-bond donors (Lipinski definition) is 0. The quantitative estimate of drug-likeness (QED) is 0.819. The highest BCUT2D eigenvalue weighted by atomic mass is 79.9. The van der Waals surface area contributed by atoms with E-state index < -0.39 is 0 Å². The van der Waals surface area contributed by atoms with Gasteiger partial charge >= 0.3 is 0 Å². The molecule has 0 amide bonds. The Balaban J connectivity index is 1.46. The molecule has 2 saturated heterocycles. The van der Waals surface area contributed by atoms with Gasteiger partial charge in [-0.1, -0.05) is 0 Å². The Labute approximate surface area is 136 Å². The molecule has 0 aliphatic carbocycles. The molecule has 2 aromatic rings. The minimum absolute atomic E-state index is 0.339. The van der Waals surface area contributed by atoms with Crippen LogP contribution in [0.2, 0.25) is 0 Å². The fourth-order valence-electron chi connectivity index (χ4n) is 3.45. The van der Waals surface area contributed by atoms with Gasteiger partial charge in [-0.05, 0) is 28.1 Å². The molecule has 4 rings (SSSR count). The summed E-state index contributed by atoms with van der Waals surface area (Å²) in [5.41, 5.74) is 0. The molecule has 114 valence electrons. The first-order chi connectivity index (χ1) is 10.7. The van der Waals surface area contributed by atoms with Crippen molar-refractivity contribution in [2.45, 2.75) is 0 Å². The van der Waals surface area contributed by atoms with Gasteiger partial charge in [-0.25, -0.2) is 19.3 Å². The van der Waals surface area contributed by atoms with E-state index in [1.807, 2.05) is 23.2 Å². The SMILES string of the molecule is Fc1cncnc1N1CC2CN(c3ccc(Br)cn3)CC2C1. The molecule has 2 unspecified atom stereocenters. The maximum atomic E-state index is 13.8. The van der Waals surface area contributed by atoms with Crippen molar-refractivity contribution >= 4 is 27.6 Å². The molecule has 0 radical (unpaired) electrons. The molecule has 7 heteroatoms. The van der Waals surface area contributed by atoms with E-state index in [4.69, 9.17) is 0 Å². The Morgan fingerprint density at radius 1 is 1.00 bits per heavy atom. The van der Waals surface area contributed by atoms with Crippen molar-refractivity contribution in [1.29, 1.82) is 0 Å². The van der Waals surface area contributed by atoms with Crippen molar-refractivity contribution in [3.8, 4) is 0 Å². The molecule has 2 aromatic heterocycles. The van der Waals surface area contributed by atoms with Crippen LogP contribution in [0.25, 0.3) is 0 Å². The van der Waals surface area contributed by atoms with Crippen molar-refractivity contribution in [3.63, 3.8) is 0 Å². The maximum absolute atomic E-state index is 13.8. The minimum Gasteiger partial charge on any atom is -0.356 e. The van der Waals surface area contributed by atoms with E-state index in [0.717, 1.165) is 36.5 Å². The average Bonchev–Trinajstić information content (AvgIpc) is 3.07. The summed E-state index contributed by atoms with van der Waals surface area (Å²) in [7, 11) is 0. The summed E-state index contributed by atoms with van der Waals surface area (Å²) in [6.07, 6.45) is 4.46. The number of rotatable bonds is 2. The van der Waals surface area contributed by atoms with E-state index in [2.05, 4.69) is 35.8 Å². The molecule has 2 fully saturated rings. The molecule has 5 nitrogen and oxygen atoms in total. The fraction of sp³-hybridized carbons (Fsp3) is 0.400. The lowest BCUT2D eigenvalue weighted by Gasteiger charge is -2.23. The standard InChI is InChI=1S/C15H15BrFN5/c16-12-1-2-14(19-3-12)21-5-10-7-22(8-11(10)6-21)15-13(17)4-18-9-20-15/h1-4,9-11H,5-8H2. The Hall–Kier alpha value is -1.76. The van der Waals surface area contributed by atoms with Crippen LogP contribution in [0, 0.1) is 17.7 Å². The first-order valence-electron chi connectivity index (χ1n) is 7.27. The molecule has 0 aromatic carbocycles. The molecule has 0 saturated carbocycles. The molecule has 0 spiro atoms. The highest BCUT2D eigenvalue weighted by Crippen LogP contribution is 2.35. The van der Waals surface area contributed by atoms with Crippen LogP contribution >= 0.6 is 15.9 Å². The van der Waals surface area contributed by atoms with Crippen LogP contribution in [-0.4, -0.2) is 41.1 Å². The van der Waals surface area contributed by atoms with Crippen molar-refractivity contribution < 1.29 is 4.39 Å². The van der Waals surface area contributed by atoms with Gasteiger partial charge in [-0.3, -0.25) is 0 Å². The summed E-state index contributed by atoms with van der Waals surface area (Å²) in [6.45, 7) is 3.60. The molecule has 4 heterocycles. The van der Waals surface area contributed by atoms with Gasteiger partial charge in [0.2, 0.25) is 0 Å². The lowest BCUT2D eigenvalue weighted by atomic mass is 10.0. The Kier molecular flexibility index (Phi) is 3.44. The zero-order valence-electron chi connectivity index (χ0n) is 11.9. The summed E-state index contributed by atoms with van der Waals surface area (Å²) in [5.74, 6) is 2.16. The van der Waals surface area contributed by atoms with Gasteiger partial charge in [0.15, 0.2) is 11.6 Å². The van der Waals surface area contributed by atoms with Gasteiger partial charge in [-0.2, -0.15) is 0 Å². The van der Waals surface area contributed by atoms with Crippen LogP contribution in [0.3, 0.4) is 0 Å². The molecule has 0 N–H and O–H groups in total. The highest BCUT2D eigenvalue weighted by molar-refractivity contribution is 9.10. The number of fused-ring (bicyclic) bond motifs is 1. The first kappa shape index (κ1) is 13.9. The predicted molar refractivity (Wildman–Crippen MR) is 85.3 cm³/mol. The van der Waals surface area contributed by atoms with Crippen molar-refractivity contribution in [2.75, 3.05) is 36.0 Å². The van der Waals surface area contributed by atoms with Gasteiger partial charge in [0.05, 0.1) is 6.20 Å². The number of halogens is 2. The monoisotopic (exact) mass is 363 g/mol. The number of aromatic nitrogens is 3. The van der Waals surface area contributed by atoms with E-state index in [9.17, 15) is 4.39 Å². The van der Waals surface area contributed by atoms with Crippen molar-refractivity contribution in [2.24, 2.45) is 11.8 Å². The predicted octanol–water partition coefficient (Wildman–Crippen LogP) is 2.35. The third-order valence-electron chi connectivity index (χ3n) is 4.47. The van der Waals surface area contributed by atoms with Crippen LogP contribution in [0.4, 0.5) is 16.0 Å². The maximum Gasteiger partial charge on any atom is 0.183 e. The molecule has 2 aliphatic rings. The van der Waals surface area contributed by atoms with Gasteiger partial charge in [-0.15, -0.1) is 0 Å². The molecule has 22 heavy (non-hydrogen) atoms. The van der Waals surface area contributed by atoms with Gasteiger partial charge in [0, 0.05) is 48.7 Å². The summed E-state index contributed by atoms with van der Waals surface area (Å²) in [4.78, 5) is 16.6. The first-order valence-corrected chi connectivity index (χ1v) is 8.07. The second kappa shape index (κ2) is 5.46. The highest BCUT2D eigenvalue weighted by Gasteiger charge is 2.41. The number of anilines is 2. The number of hydrogen-bond acceptors (Lipinski definition) is 5. The molecular weight excluding hydrogens is 349 g/mol. The second-order valence-corrected chi connectivity index (χ2v) is 6.77. The Morgan fingerprint density at radius 2 is 1.73 bits per heavy atom. The second-order valence-electron chi connectivity index (χ2n) is 5.86. The minimum atomic E-state index is -0.339. The van der Waals surface area contributed by atoms with Gasteiger partial charge in [0.25, 0.3) is 0 Å². The van der Waals surface area contributed by atoms with Gasteiger partial charge in [0.1, 0.15) is 12.1 Å². The van der Waals surface area contributed by atoms with Gasteiger partial charge < -0.3 is 9.80 Å². The molecule has 0 bridgehead atoms. The van der Waals surface area contributed by atoms with Crippen molar-refractivity contribution in [3.05, 3.63) is 41.1 Å².